The number of ether oxygens (including phenoxy) is 1. The third kappa shape index (κ3) is 4.88. The highest BCUT2D eigenvalue weighted by molar-refractivity contribution is 5.97. The number of amides is 2. The Labute approximate surface area is 201 Å². The average molecular weight is 463 g/mol. The number of aromatic amines is 1. The van der Waals surface area contributed by atoms with Crippen molar-refractivity contribution in [3.05, 3.63) is 65.4 Å². The molecule has 1 saturated heterocycles. The van der Waals surface area contributed by atoms with Gasteiger partial charge in [0.2, 0.25) is 0 Å². The third-order valence-corrected chi connectivity index (χ3v) is 6.38. The zero-order valence-electron chi connectivity index (χ0n) is 20.8. The molecule has 1 aliphatic heterocycles. The molecule has 4 rings (SSSR count). The maximum absolute atomic E-state index is 13.2. The molecule has 1 fully saturated rings. The number of nitrogens with zero attached hydrogens (tertiary/aromatic N) is 2. The molecule has 7 heteroatoms. The monoisotopic (exact) mass is 462 g/mol. The molecule has 1 unspecified atom stereocenters. The molecule has 2 aromatic carbocycles. The minimum Gasteiger partial charge on any atom is -0.444 e. The third-order valence-electron chi connectivity index (χ3n) is 6.38. The van der Waals surface area contributed by atoms with E-state index in [0.717, 1.165) is 27.7 Å². The number of aromatic nitrogens is 1. The normalized spacial score (nSPS) is 15.1. The van der Waals surface area contributed by atoms with Crippen molar-refractivity contribution in [2.75, 3.05) is 25.0 Å². The fourth-order valence-corrected chi connectivity index (χ4v) is 4.30. The fraction of sp³-hybridized carbons (Fsp3) is 0.407. The van der Waals surface area contributed by atoms with Crippen LogP contribution in [0.5, 0.6) is 0 Å². The Balaban J connectivity index is 1.43. The molecule has 3 aromatic rings. The molecule has 7 nitrogen and oxygen atoms in total. The van der Waals surface area contributed by atoms with E-state index in [0.29, 0.717) is 18.7 Å². The van der Waals surface area contributed by atoms with Crippen molar-refractivity contribution in [1.82, 2.24) is 15.2 Å². The van der Waals surface area contributed by atoms with E-state index in [4.69, 9.17) is 4.74 Å². The zero-order valence-corrected chi connectivity index (χ0v) is 20.8. The lowest BCUT2D eigenvalue weighted by Gasteiger charge is -2.45. The fourth-order valence-electron chi connectivity index (χ4n) is 4.30. The van der Waals surface area contributed by atoms with Crippen molar-refractivity contribution in [2.45, 2.75) is 52.3 Å². The topological polar surface area (TPSA) is 77.7 Å². The number of likely N-dealkylation sites (N-methyl/N-ethyl adjacent to an activating group) is 1. The van der Waals surface area contributed by atoms with Crippen LogP contribution in [0, 0.1) is 6.92 Å². The first kappa shape index (κ1) is 23.7. The number of carbonyl (C=O) groups is 2. The summed E-state index contributed by atoms with van der Waals surface area (Å²) in [5.74, 6) is -0.100. The van der Waals surface area contributed by atoms with Crippen LogP contribution in [-0.4, -0.2) is 53.7 Å². The molecule has 1 aliphatic rings. The summed E-state index contributed by atoms with van der Waals surface area (Å²) in [5.41, 5.74) is 4.15. The van der Waals surface area contributed by atoms with Gasteiger partial charge in [0.1, 0.15) is 5.60 Å². The Kier molecular flexibility index (Phi) is 6.30. The molecular formula is C27H34N4O3. The van der Waals surface area contributed by atoms with Crippen LogP contribution in [0.15, 0.2) is 48.7 Å². The molecule has 34 heavy (non-hydrogen) atoms. The van der Waals surface area contributed by atoms with Gasteiger partial charge in [0, 0.05) is 48.5 Å². The van der Waals surface area contributed by atoms with Crippen molar-refractivity contribution in [1.29, 1.82) is 0 Å². The second-order valence-corrected chi connectivity index (χ2v) is 10.1. The quantitative estimate of drug-likeness (QED) is 0.558. The Morgan fingerprint density at radius 1 is 1.18 bits per heavy atom. The van der Waals surface area contributed by atoms with Crippen LogP contribution in [0.25, 0.3) is 10.9 Å². The minimum absolute atomic E-state index is 0.100. The van der Waals surface area contributed by atoms with Crippen LogP contribution in [-0.2, 0) is 4.74 Å². The molecule has 2 amide bonds. The van der Waals surface area contributed by atoms with E-state index >= 15 is 0 Å². The summed E-state index contributed by atoms with van der Waals surface area (Å²) < 4.78 is 5.45. The van der Waals surface area contributed by atoms with Crippen LogP contribution in [0.4, 0.5) is 10.5 Å². The number of hydrogen-bond acceptors (Lipinski definition) is 4. The Hall–Kier alpha value is -3.48. The van der Waals surface area contributed by atoms with Crippen molar-refractivity contribution < 1.29 is 14.3 Å². The van der Waals surface area contributed by atoms with Gasteiger partial charge in [0.15, 0.2) is 0 Å². The highest BCUT2D eigenvalue weighted by atomic mass is 16.6. The van der Waals surface area contributed by atoms with E-state index in [1.165, 1.54) is 0 Å². The number of nitrogens with one attached hydrogen (secondary N) is 2. The molecule has 0 aliphatic carbocycles. The van der Waals surface area contributed by atoms with Gasteiger partial charge in [-0.3, -0.25) is 4.79 Å². The van der Waals surface area contributed by atoms with E-state index < -0.39 is 5.60 Å². The van der Waals surface area contributed by atoms with Gasteiger partial charge in [-0.2, -0.15) is 0 Å². The molecule has 180 valence electrons. The largest absolute Gasteiger partial charge is 0.444 e. The van der Waals surface area contributed by atoms with Gasteiger partial charge >= 0.3 is 6.09 Å². The van der Waals surface area contributed by atoms with Crippen LogP contribution < -0.4 is 10.2 Å². The lowest BCUT2D eigenvalue weighted by atomic mass is 10.0. The number of hydrogen-bond donors (Lipinski definition) is 2. The number of aryl methyl sites for hydroxylation is 1. The molecule has 1 atom stereocenters. The van der Waals surface area contributed by atoms with Crippen molar-refractivity contribution in [3.63, 3.8) is 0 Å². The molecular weight excluding hydrogens is 428 g/mol. The Morgan fingerprint density at radius 2 is 1.91 bits per heavy atom. The van der Waals surface area contributed by atoms with Crippen LogP contribution in [0.1, 0.15) is 55.2 Å². The van der Waals surface area contributed by atoms with E-state index in [1.807, 2.05) is 90.3 Å². The number of H-pyrrole nitrogens is 1. The average Bonchev–Trinajstić information content (AvgIpc) is 3.20. The van der Waals surface area contributed by atoms with E-state index in [9.17, 15) is 9.59 Å². The number of benzene rings is 2. The summed E-state index contributed by atoms with van der Waals surface area (Å²) in [6.45, 7) is 10.7. The SMILES string of the molecule is Cc1ccc(N(C)C2CN(C(=O)OC(C)(C)C)C2)cc1C(=O)NC(C)c1cccc2[nH]ccc12. The smallest absolute Gasteiger partial charge is 0.410 e. The van der Waals surface area contributed by atoms with Crippen molar-refractivity contribution in [2.24, 2.45) is 0 Å². The number of rotatable bonds is 5. The van der Waals surface area contributed by atoms with Gasteiger partial charge in [-0.15, -0.1) is 0 Å². The van der Waals surface area contributed by atoms with Gasteiger partial charge in [0.05, 0.1) is 12.1 Å². The molecule has 2 N–H and O–H groups in total. The Morgan fingerprint density at radius 3 is 2.62 bits per heavy atom. The summed E-state index contributed by atoms with van der Waals surface area (Å²) in [4.78, 5) is 32.5. The van der Waals surface area contributed by atoms with Crippen LogP contribution in [0.3, 0.4) is 0 Å². The van der Waals surface area contributed by atoms with Crippen molar-refractivity contribution >= 4 is 28.6 Å². The number of carbonyl (C=O) groups excluding carboxylic acids is 2. The summed E-state index contributed by atoms with van der Waals surface area (Å²) in [5, 5.41) is 4.27. The molecule has 0 saturated carbocycles. The standard InChI is InChI=1S/C27H34N4O3/c1-17-10-11-19(30(6)20-15-31(16-20)26(33)34-27(3,4)5)14-23(17)25(32)29-18(2)21-8-7-9-24-22(21)12-13-28-24/h7-14,18,20,28H,15-16H2,1-6H3,(H,29,32). The summed E-state index contributed by atoms with van der Waals surface area (Å²) in [6.07, 6.45) is 1.63. The second kappa shape index (κ2) is 9.05. The first-order valence-corrected chi connectivity index (χ1v) is 11.7. The molecule has 2 heterocycles. The van der Waals surface area contributed by atoms with E-state index in [-0.39, 0.29) is 24.1 Å². The van der Waals surface area contributed by atoms with Crippen LogP contribution >= 0.6 is 0 Å². The van der Waals surface area contributed by atoms with Gasteiger partial charge in [0.25, 0.3) is 5.91 Å². The summed E-state index contributed by atoms with van der Waals surface area (Å²) >= 11 is 0. The number of fused-ring (bicyclic) bond motifs is 1. The highest BCUT2D eigenvalue weighted by Crippen LogP contribution is 2.27. The maximum atomic E-state index is 13.2. The predicted molar refractivity (Wildman–Crippen MR) is 135 cm³/mol. The van der Waals surface area contributed by atoms with Crippen molar-refractivity contribution in [3.8, 4) is 0 Å². The second-order valence-electron chi connectivity index (χ2n) is 10.1. The first-order chi connectivity index (χ1) is 16.0. The maximum Gasteiger partial charge on any atom is 0.410 e. The molecule has 1 aromatic heterocycles. The lowest BCUT2D eigenvalue weighted by Crippen LogP contribution is -2.61. The predicted octanol–water partition coefficient (Wildman–Crippen LogP) is 5.02. The van der Waals surface area contributed by atoms with E-state index in [2.05, 4.69) is 15.2 Å². The van der Waals surface area contributed by atoms with Gasteiger partial charge in [-0.1, -0.05) is 18.2 Å². The molecule has 0 spiro atoms. The van der Waals surface area contributed by atoms with Crippen LogP contribution in [0.2, 0.25) is 0 Å². The lowest BCUT2D eigenvalue weighted by molar-refractivity contribution is 0.00851. The van der Waals surface area contributed by atoms with Gasteiger partial charge in [-0.25, -0.2) is 4.79 Å². The highest BCUT2D eigenvalue weighted by Gasteiger charge is 2.36. The number of anilines is 1. The summed E-state index contributed by atoms with van der Waals surface area (Å²) in [6, 6.07) is 14.1. The zero-order chi connectivity index (χ0) is 24.6. The van der Waals surface area contributed by atoms with E-state index in [1.54, 1.807) is 4.90 Å². The Bertz CT molecular complexity index is 1200. The minimum atomic E-state index is -0.503. The number of likely N-dealkylation sites (tertiary alicyclic amines) is 1. The summed E-state index contributed by atoms with van der Waals surface area (Å²) in [7, 11) is 2.00. The molecule has 0 bridgehead atoms. The molecule has 0 radical (unpaired) electrons. The van der Waals surface area contributed by atoms with Gasteiger partial charge in [-0.05, 0) is 70.0 Å². The first-order valence-electron chi connectivity index (χ1n) is 11.7. The van der Waals surface area contributed by atoms with Gasteiger partial charge < -0.3 is 24.8 Å².